The molecule has 2 aliphatic rings. The lowest BCUT2D eigenvalue weighted by Crippen LogP contribution is -2.55. The van der Waals surface area contributed by atoms with Crippen LogP contribution in [-0.2, 0) is 23.7 Å². The van der Waals surface area contributed by atoms with Crippen LogP contribution in [0.15, 0.2) is 29.2 Å². The maximum Gasteiger partial charge on any atom is 0.371 e. The van der Waals surface area contributed by atoms with Crippen LogP contribution < -0.4 is 0 Å². The van der Waals surface area contributed by atoms with E-state index in [0.717, 1.165) is 10.5 Å². The molecule has 1 aromatic carbocycles. The van der Waals surface area contributed by atoms with Crippen molar-refractivity contribution in [2.45, 2.75) is 48.2 Å². The molecule has 8 nitrogen and oxygen atoms in total. The first-order chi connectivity index (χ1) is 11.9. The SMILES string of the molecule is CO[C@H]1O[C@H](COC(C)=O)[C@H](Sc2ccc(C)cc2)[C@]2([N+](=O)[O-])O[C@H]12. The van der Waals surface area contributed by atoms with Crippen molar-refractivity contribution in [3.63, 3.8) is 0 Å². The first-order valence-corrected chi connectivity index (χ1v) is 8.63. The van der Waals surface area contributed by atoms with Crippen molar-refractivity contribution >= 4 is 17.7 Å². The highest BCUT2D eigenvalue weighted by Gasteiger charge is 2.81. The minimum atomic E-state index is -1.61. The van der Waals surface area contributed by atoms with E-state index in [-0.39, 0.29) is 6.61 Å². The smallest absolute Gasteiger partial charge is 0.371 e. The molecule has 5 atom stereocenters. The zero-order chi connectivity index (χ0) is 18.2. The van der Waals surface area contributed by atoms with E-state index < -0.39 is 40.4 Å². The number of nitro groups is 1. The molecule has 2 fully saturated rings. The van der Waals surface area contributed by atoms with E-state index >= 15 is 0 Å². The molecule has 9 heteroatoms. The fourth-order valence-electron chi connectivity index (χ4n) is 2.91. The molecule has 0 bridgehead atoms. The molecule has 136 valence electrons. The Morgan fingerprint density at radius 2 is 2.08 bits per heavy atom. The number of methoxy groups -OCH3 is 1. The molecule has 2 aliphatic heterocycles. The largest absolute Gasteiger partial charge is 0.463 e. The summed E-state index contributed by atoms with van der Waals surface area (Å²) in [5.74, 6) is -0.481. The maximum atomic E-state index is 11.8. The maximum absolute atomic E-state index is 11.8. The van der Waals surface area contributed by atoms with Gasteiger partial charge in [-0.1, -0.05) is 17.7 Å². The van der Waals surface area contributed by atoms with Gasteiger partial charge in [0, 0.05) is 18.9 Å². The van der Waals surface area contributed by atoms with Gasteiger partial charge in [-0.2, -0.15) is 0 Å². The van der Waals surface area contributed by atoms with Crippen LogP contribution in [-0.4, -0.2) is 54.1 Å². The summed E-state index contributed by atoms with van der Waals surface area (Å²) < 4.78 is 21.5. The Balaban J connectivity index is 1.88. The Kier molecular flexibility index (Phi) is 5.01. The number of fused-ring (bicyclic) bond motifs is 1. The summed E-state index contributed by atoms with van der Waals surface area (Å²) in [7, 11) is 1.40. The Morgan fingerprint density at radius 1 is 1.40 bits per heavy atom. The highest BCUT2D eigenvalue weighted by atomic mass is 32.2. The van der Waals surface area contributed by atoms with Crippen molar-refractivity contribution in [1.82, 2.24) is 0 Å². The van der Waals surface area contributed by atoms with E-state index in [2.05, 4.69) is 0 Å². The van der Waals surface area contributed by atoms with Crippen LogP contribution in [0.5, 0.6) is 0 Å². The molecule has 3 rings (SSSR count). The van der Waals surface area contributed by atoms with Gasteiger partial charge in [0.2, 0.25) is 6.10 Å². The zero-order valence-corrected chi connectivity index (χ0v) is 14.9. The van der Waals surface area contributed by atoms with Crippen molar-refractivity contribution in [2.24, 2.45) is 0 Å². The number of ether oxygens (including phenoxy) is 4. The Labute approximate surface area is 148 Å². The van der Waals surface area contributed by atoms with Crippen LogP contribution in [0, 0.1) is 17.0 Å². The van der Waals surface area contributed by atoms with Crippen LogP contribution in [0.25, 0.3) is 0 Å². The lowest BCUT2D eigenvalue weighted by molar-refractivity contribution is -0.568. The van der Waals surface area contributed by atoms with Gasteiger partial charge in [-0.15, -0.1) is 11.8 Å². The molecule has 0 unspecified atom stereocenters. The van der Waals surface area contributed by atoms with Gasteiger partial charge in [-0.05, 0) is 19.1 Å². The summed E-state index contributed by atoms with van der Waals surface area (Å²) in [6.45, 7) is 3.13. The van der Waals surface area contributed by atoms with Gasteiger partial charge >= 0.3 is 11.7 Å². The lowest BCUT2D eigenvalue weighted by Gasteiger charge is -2.33. The Morgan fingerprint density at radius 3 is 2.64 bits per heavy atom. The van der Waals surface area contributed by atoms with E-state index in [1.54, 1.807) is 0 Å². The fraction of sp³-hybridized carbons (Fsp3) is 0.562. The van der Waals surface area contributed by atoms with E-state index in [1.807, 2.05) is 31.2 Å². The number of carbonyl (C=O) groups is 1. The highest BCUT2D eigenvalue weighted by molar-refractivity contribution is 8.00. The monoisotopic (exact) mass is 369 g/mol. The molecule has 0 aliphatic carbocycles. The van der Waals surface area contributed by atoms with Crippen molar-refractivity contribution in [3.05, 3.63) is 39.9 Å². The standard InChI is InChI=1S/C16H19NO7S/c1-9-4-6-11(7-5-9)25-14-12(8-22-10(2)18)23-15(21-3)13-16(14,24-13)17(19)20/h4-7,12-15H,8H2,1-3H3/t12-,13-,14+,15+,16-/m1/s1. The second kappa shape index (κ2) is 6.91. The van der Waals surface area contributed by atoms with Crippen LogP contribution >= 0.6 is 11.8 Å². The number of rotatable bonds is 6. The second-order valence-electron chi connectivity index (χ2n) is 5.98. The summed E-state index contributed by atoms with van der Waals surface area (Å²) in [4.78, 5) is 23.3. The van der Waals surface area contributed by atoms with Crippen molar-refractivity contribution < 1.29 is 28.7 Å². The third kappa shape index (κ3) is 3.37. The average Bonchev–Trinajstić information content (AvgIpc) is 3.33. The van der Waals surface area contributed by atoms with E-state index in [4.69, 9.17) is 18.9 Å². The highest BCUT2D eigenvalue weighted by Crippen LogP contribution is 2.54. The van der Waals surface area contributed by atoms with Gasteiger partial charge in [0.25, 0.3) is 0 Å². The van der Waals surface area contributed by atoms with Gasteiger partial charge < -0.3 is 14.2 Å². The number of thioether (sulfide) groups is 1. The van der Waals surface area contributed by atoms with Crippen LogP contribution in [0.2, 0.25) is 0 Å². The van der Waals surface area contributed by atoms with Crippen LogP contribution in [0.3, 0.4) is 0 Å². The molecule has 0 spiro atoms. The summed E-state index contributed by atoms with van der Waals surface area (Å²) >= 11 is 1.28. The van der Waals surface area contributed by atoms with Gasteiger partial charge in [-0.3, -0.25) is 19.6 Å². The lowest BCUT2D eigenvalue weighted by atomic mass is 10.0. The second-order valence-corrected chi connectivity index (χ2v) is 7.20. The summed E-state index contributed by atoms with van der Waals surface area (Å²) in [6.07, 6.45) is -2.39. The molecule has 25 heavy (non-hydrogen) atoms. The van der Waals surface area contributed by atoms with Crippen molar-refractivity contribution in [2.75, 3.05) is 13.7 Å². The first-order valence-electron chi connectivity index (χ1n) is 7.75. The van der Waals surface area contributed by atoms with Gasteiger partial charge in [0.15, 0.2) is 6.29 Å². The number of nitrogens with zero attached hydrogens (tertiary/aromatic N) is 1. The van der Waals surface area contributed by atoms with Gasteiger partial charge in [-0.25, -0.2) is 0 Å². The van der Waals surface area contributed by atoms with Crippen molar-refractivity contribution in [3.8, 4) is 0 Å². The number of hydrogen-bond acceptors (Lipinski definition) is 8. The molecule has 0 aromatic heterocycles. The van der Waals surface area contributed by atoms with Crippen LogP contribution in [0.1, 0.15) is 12.5 Å². The number of epoxide rings is 1. The minimum absolute atomic E-state index is 0.107. The molecule has 0 saturated carbocycles. The summed E-state index contributed by atoms with van der Waals surface area (Å²) in [6, 6.07) is 7.62. The van der Waals surface area contributed by atoms with Crippen LogP contribution in [0.4, 0.5) is 0 Å². The number of esters is 1. The molecule has 2 saturated heterocycles. The molecule has 0 N–H and O–H groups in total. The molecular weight excluding hydrogens is 350 g/mol. The van der Waals surface area contributed by atoms with E-state index in [1.165, 1.54) is 25.8 Å². The summed E-state index contributed by atoms with van der Waals surface area (Å²) in [5, 5.41) is 11.1. The quantitative estimate of drug-likeness (QED) is 0.324. The average molecular weight is 369 g/mol. The van der Waals surface area contributed by atoms with Gasteiger partial charge in [0.05, 0.1) is 4.92 Å². The number of carbonyl (C=O) groups excluding carboxylic acids is 1. The van der Waals surface area contributed by atoms with E-state index in [9.17, 15) is 14.9 Å². The Bertz CT molecular complexity index is 667. The molecule has 2 heterocycles. The topological polar surface area (TPSA) is 100 Å². The van der Waals surface area contributed by atoms with Crippen molar-refractivity contribution in [1.29, 1.82) is 0 Å². The molecule has 0 amide bonds. The zero-order valence-electron chi connectivity index (χ0n) is 14.0. The van der Waals surface area contributed by atoms with E-state index in [0.29, 0.717) is 0 Å². The third-order valence-corrected chi connectivity index (χ3v) is 5.66. The molecular formula is C16H19NO7S. The molecule has 1 aromatic rings. The Hall–Kier alpha value is -1.68. The minimum Gasteiger partial charge on any atom is -0.463 e. The third-order valence-electron chi connectivity index (χ3n) is 4.22. The predicted molar refractivity (Wildman–Crippen MR) is 87.7 cm³/mol. The number of aryl methyl sites for hydroxylation is 1. The number of benzene rings is 1. The van der Waals surface area contributed by atoms with Gasteiger partial charge in [0.1, 0.15) is 18.0 Å². The fourth-order valence-corrected chi connectivity index (χ4v) is 4.24. The normalized spacial score (nSPS) is 33.4. The first kappa shape index (κ1) is 18.1. The predicted octanol–water partition coefficient (Wildman–Crippen LogP) is 1.76. The molecule has 0 radical (unpaired) electrons. The number of hydrogen-bond donors (Lipinski definition) is 0. The summed E-state index contributed by atoms with van der Waals surface area (Å²) in [5.41, 5.74) is -0.524.